The second kappa shape index (κ2) is 6.92. The van der Waals surface area contributed by atoms with Crippen LogP contribution in [0.2, 0.25) is 0 Å². The van der Waals surface area contributed by atoms with Gasteiger partial charge in [0.25, 0.3) is 0 Å². The monoisotopic (exact) mass is 320 g/mol. The zero-order valence-electron chi connectivity index (χ0n) is 13.0. The van der Waals surface area contributed by atoms with Crippen molar-refractivity contribution in [3.8, 4) is 0 Å². The highest BCUT2D eigenvalue weighted by atomic mass is 32.1. The molecule has 2 rings (SSSR count). The number of carbonyl (C=O) groups is 2. The van der Waals surface area contributed by atoms with E-state index in [2.05, 4.69) is 0 Å². The number of fused-ring (bicyclic) bond motifs is 1. The van der Waals surface area contributed by atoms with Crippen molar-refractivity contribution < 1.29 is 19.1 Å². The standard InChI is InChI=1S/C17H20O4S/c1-4-20-15(18)17(3,16(19)21-5-2)11-13-10-12-8-6-7-9-14(12)22-13/h6-10H,4-5,11H2,1-3H3. The Bertz CT molecular complexity index is 623. The molecule has 0 radical (unpaired) electrons. The summed E-state index contributed by atoms with van der Waals surface area (Å²) >= 11 is 1.58. The molecule has 0 atom stereocenters. The zero-order chi connectivity index (χ0) is 16.2. The van der Waals surface area contributed by atoms with E-state index in [1.54, 1.807) is 32.1 Å². The molecule has 0 N–H and O–H groups in total. The van der Waals surface area contributed by atoms with Crippen molar-refractivity contribution in [1.29, 1.82) is 0 Å². The summed E-state index contributed by atoms with van der Waals surface area (Å²) in [5.74, 6) is -1.07. The molecule has 0 bridgehead atoms. The van der Waals surface area contributed by atoms with Gasteiger partial charge in [-0.25, -0.2) is 0 Å². The predicted molar refractivity (Wildman–Crippen MR) is 86.9 cm³/mol. The van der Waals surface area contributed by atoms with Gasteiger partial charge in [0.15, 0.2) is 5.41 Å². The largest absolute Gasteiger partial charge is 0.465 e. The lowest BCUT2D eigenvalue weighted by Gasteiger charge is -2.24. The topological polar surface area (TPSA) is 52.6 Å². The molecule has 22 heavy (non-hydrogen) atoms. The SMILES string of the molecule is CCOC(=O)C(C)(Cc1cc2ccccc2s1)C(=O)OCC. The summed E-state index contributed by atoms with van der Waals surface area (Å²) in [6, 6.07) is 9.99. The molecule has 1 aromatic heterocycles. The maximum absolute atomic E-state index is 12.3. The van der Waals surface area contributed by atoms with Crippen LogP contribution >= 0.6 is 11.3 Å². The van der Waals surface area contributed by atoms with E-state index in [-0.39, 0.29) is 19.6 Å². The van der Waals surface area contributed by atoms with E-state index in [1.165, 1.54) is 0 Å². The minimum absolute atomic E-state index is 0.236. The van der Waals surface area contributed by atoms with Crippen molar-refractivity contribution in [2.45, 2.75) is 27.2 Å². The third-order valence-electron chi connectivity index (χ3n) is 3.46. The molecule has 1 aromatic carbocycles. The Morgan fingerprint density at radius 1 is 1.09 bits per heavy atom. The van der Waals surface area contributed by atoms with Crippen molar-refractivity contribution in [1.82, 2.24) is 0 Å². The smallest absolute Gasteiger partial charge is 0.323 e. The van der Waals surface area contributed by atoms with Crippen molar-refractivity contribution in [3.05, 3.63) is 35.2 Å². The second-order valence-corrected chi connectivity index (χ2v) is 6.37. The molecule has 0 fully saturated rings. The summed E-state index contributed by atoms with van der Waals surface area (Å²) in [4.78, 5) is 25.5. The van der Waals surface area contributed by atoms with Gasteiger partial charge in [-0.15, -0.1) is 11.3 Å². The van der Waals surface area contributed by atoms with Crippen molar-refractivity contribution in [2.75, 3.05) is 13.2 Å². The summed E-state index contributed by atoms with van der Waals surface area (Å²) in [7, 11) is 0. The van der Waals surface area contributed by atoms with Crippen LogP contribution in [0.5, 0.6) is 0 Å². The van der Waals surface area contributed by atoms with E-state index >= 15 is 0 Å². The van der Waals surface area contributed by atoms with Crippen LogP contribution in [0, 0.1) is 5.41 Å². The molecule has 118 valence electrons. The highest BCUT2D eigenvalue weighted by molar-refractivity contribution is 7.19. The first kappa shape index (κ1) is 16.5. The average Bonchev–Trinajstić information content (AvgIpc) is 2.89. The number of benzene rings is 1. The summed E-state index contributed by atoms with van der Waals surface area (Å²) in [5, 5.41) is 1.11. The first-order chi connectivity index (χ1) is 10.5. The third kappa shape index (κ3) is 3.30. The van der Waals surface area contributed by atoms with Gasteiger partial charge in [-0.05, 0) is 38.3 Å². The molecule has 0 unspecified atom stereocenters. The van der Waals surface area contributed by atoms with Gasteiger partial charge in [0, 0.05) is 16.0 Å². The van der Waals surface area contributed by atoms with Gasteiger partial charge in [-0.3, -0.25) is 9.59 Å². The van der Waals surface area contributed by atoms with Crippen LogP contribution in [-0.4, -0.2) is 25.2 Å². The fourth-order valence-corrected chi connectivity index (χ4v) is 3.50. The van der Waals surface area contributed by atoms with E-state index in [1.807, 2.05) is 30.3 Å². The maximum atomic E-state index is 12.3. The molecular formula is C17H20O4S. The van der Waals surface area contributed by atoms with Gasteiger partial charge in [0.1, 0.15) is 0 Å². The Balaban J connectivity index is 2.32. The van der Waals surface area contributed by atoms with Gasteiger partial charge in [-0.1, -0.05) is 18.2 Å². The lowest BCUT2D eigenvalue weighted by molar-refractivity contribution is -0.170. The van der Waals surface area contributed by atoms with Crippen LogP contribution in [0.25, 0.3) is 10.1 Å². The minimum atomic E-state index is -1.31. The van der Waals surface area contributed by atoms with Gasteiger partial charge >= 0.3 is 11.9 Å². The number of ether oxygens (including phenoxy) is 2. The molecule has 1 heterocycles. The van der Waals surface area contributed by atoms with Gasteiger partial charge < -0.3 is 9.47 Å². The van der Waals surface area contributed by atoms with Crippen LogP contribution in [0.3, 0.4) is 0 Å². The number of hydrogen-bond donors (Lipinski definition) is 0. The van der Waals surface area contributed by atoms with E-state index in [0.29, 0.717) is 0 Å². The van der Waals surface area contributed by atoms with E-state index in [0.717, 1.165) is 15.0 Å². The molecule has 2 aromatic rings. The van der Waals surface area contributed by atoms with E-state index in [4.69, 9.17) is 9.47 Å². The van der Waals surface area contributed by atoms with Gasteiger partial charge in [-0.2, -0.15) is 0 Å². The third-order valence-corrected chi connectivity index (χ3v) is 4.57. The normalized spacial score (nSPS) is 11.4. The molecule has 5 heteroatoms. The van der Waals surface area contributed by atoms with Gasteiger partial charge in [0.2, 0.25) is 0 Å². The lowest BCUT2D eigenvalue weighted by atomic mass is 9.86. The van der Waals surface area contributed by atoms with Gasteiger partial charge in [0.05, 0.1) is 13.2 Å². The molecule has 4 nitrogen and oxygen atoms in total. The van der Waals surface area contributed by atoms with Crippen molar-refractivity contribution in [3.63, 3.8) is 0 Å². The Hall–Kier alpha value is -1.88. The number of hydrogen-bond acceptors (Lipinski definition) is 5. The summed E-state index contributed by atoms with van der Waals surface area (Å²) in [5.41, 5.74) is -1.31. The number of rotatable bonds is 6. The van der Waals surface area contributed by atoms with Crippen LogP contribution in [0.4, 0.5) is 0 Å². The van der Waals surface area contributed by atoms with E-state index in [9.17, 15) is 9.59 Å². The zero-order valence-corrected chi connectivity index (χ0v) is 13.9. The Morgan fingerprint density at radius 3 is 2.23 bits per heavy atom. The molecular weight excluding hydrogens is 300 g/mol. The Kier molecular flexibility index (Phi) is 5.19. The maximum Gasteiger partial charge on any atom is 0.323 e. The van der Waals surface area contributed by atoms with E-state index < -0.39 is 17.4 Å². The number of thiophene rings is 1. The Morgan fingerprint density at radius 2 is 1.68 bits per heavy atom. The quantitative estimate of drug-likeness (QED) is 0.603. The average molecular weight is 320 g/mol. The van der Waals surface area contributed by atoms with Crippen molar-refractivity contribution >= 4 is 33.4 Å². The van der Waals surface area contributed by atoms with Crippen LogP contribution < -0.4 is 0 Å². The fourth-order valence-electron chi connectivity index (χ4n) is 2.28. The first-order valence-electron chi connectivity index (χ1n) is 7.33. The number of carbonyl (C=O) groups excluding carboxylic acids is 2. The Labute approximate surface area is 134 Å². The van der Waals surface area contributed by atoms with Crippen LogP contribution in [0.15, 0.2) is 30.3 Å². The summed E-state index contributed by atoms with van der Waals surface area (Å²) in [6.07, 6.45) is 0.282. The highest BCUT2D eigenvalue weighted by Crippen LogP contribution is 2.33. The second-order valence-electron chi connectivity index (χ2n) is 5.20. The molecule has 0 spiro atoms. The summed E-state index contributed by atoms with van der Waals surface area (Å²) in [6.45, 7) is 5.51. The molecule has 0 amide bonds. The van der Waals surface area contributed by atoms with Crippen molar-refractivity contribution in [2.24, 2.45) is 5.41 Å². The molecule has 0 aliphatic carbocycles. The lowest BCUT2D eigenvalue weighted by Crippen LogP contribution is -2.41. The fraction of sp³-hybridized carbons (Fsp3) is 0.412. The molecule has 0 saturated carbocycles. The molecule has 0 aliphatic heterocycles. The summed E-state index contributed by atoms with van der Waals surface area (Å²) < 4.78 is 11.3. The molecule has 0 aliphatic rings. The minimum Gasteiger partial charge on any atom is -0.465 e. The first-order valence-corrected chi connectivity index (χ1v) is 8.14. The number of esters is 2. The highest BCUT2D eigenvalue weighted by Gasteiger charge is 2.44. The predicted octanol–water partition coefficient (Wildman–Crippen LogP) is 3.58. The van der Waals surface area contributed by atoms with Crippen LogP contribution in [-0.2, 0) is 25.5 Å². The molecule has 0 saturated heterocycles. The van der Waals surface area contributed by atoms with Crippen LogP contribution in [0.1, 0.15) is 25.6 Å².